The fourth-order valence-corrected chi connectivity index (χ4v) is 1.73. The monoisotopic (exact) mass is 199 g/mol. The molecule has 0 radical (unpaired) electrons. The van der Waals surface area contributed by atoms with Crippen LogP contribution in [0.15, 0.2) is 0 Å². The van der Waals surface area contributed by atoms with Crippen molar-refractivity contribution in [3.63, 3.8) is 0 Å². The third-order valence-corrected chi connectivity index (χ3v) is 2.64. The molecule has 14 heavy (non-hydrogen) atoms. The second-order valence-electron chi connectivity index (χ2n) is 4.18. The van der Waals surface area contributed by atoms with Crippen molar-refractivity contribution < 1.29 is 4.79 Å². The molecule has 1 atom stereocenters. The van der Waals surface area contributed by atoms with Crippen LogP contribution in [0.1, 0.15) is 20.3 Å². The molecule has 2 N–H and O–H groups in total. The van der Waals surface area contributed by atoms with E-state index in [2.05, 4.69) is 29.4 Å². The molecule has 0 aromatic rings. The van der Waals surface area contributed by atoms with E-state index in [0.717, 1.165) is 19.5 Å². The SMILES string of the molecule is CNCCC1CN(C(C)C)CC(=O)N1. The van der Waals surface area contributed by atoms with E-state index in [1.165, 1.54) is 0 Å². The van der Waals surface area contributed by atoms with Crippen LogP contribution in [0.25, 0.3) is 0 Å². The van der Waals surface area contributed by atoms with Crippen LogP contribution in [0.4, 0.5) is 0 Å². The van der Waals surface area contributed by atoms with Crippen molar-refractivity contribution >= 4 is 5.91 Å². The third-order valence-electron chi connectivity index (χ3n) is 2.64. The normalized spacial score (nSPS) is 24.0. The number of carbonyl (C=O) groups is 1. The average Bonchev–Trinajstić information content (AvgIpc) is 2.14. The predicted molar refractivity (Wildman–Crippen MR) is 57.2 cm³/mol. The van der Waals surface area contributed by atoms with E-state index in [1.807, 2.05) is 7.05 Å². The number of rotatable bonds is 4. The van der Waals surface area contributed by atoms with E-state index in [-0.39, 0.29) is 5.91 Å². The molecule has 1 aliphatic rings. The maximum absolute atomic E-state index is 11.4. The Hall–Kier alpha value is -0.610. The highest BCUT2D eigenvalue weighted by Gasteiger charge is 2.25. The zero-order valence-corrected chi connectivity index (χ0v) is 9.34. The van der Waals surface area contributed by atoms with Gasteiger partial charge < -0.3 is 10.6 Å². The smallest absolute Gasteiger partial charge is 0.234 e. The van der Waals surface area contributed by atoms with Gasteiger partial charge in [-0.1, -0.05) is 0 Å². The molecule has 1 aliphatic heterocycles. The van der Waals surface area contributed by atoms with Crippen molar-refractivity contribution in [1.82, 2.24) is 15.5 Å². The van der Waals surface area contributed by atoms with Gasteiger partial charge in [0, 0.05) is 18.6 Å². The first-order valence-electron chi connectivity index (χ1n) is 5.31. The number of piperazine rings is 1. The fourth-order valence-electron chi connectivity index (χ4n) is 1.73. The van der Waals surface area contributed by atoms with E-state index in [0.29, 0.717) is 18.6 Å². The van der Waals surface area contributed by atoms with Gasteiger partial charge in [0.05, 0.1) is 6.54 Å². The highest BCUT2D eigenvalue weighted by Crippen LogP contribution is 2.06. The topological polar surface area (TPSA) is 44.4 Å². The summed E-state index contributed by atoms with van der Waals surface area (Å²) in [5, 5.41) is 6.12. The third kappa shape index (κ3) is 3.27. The first-order chi connectivity index (χ1) is 6.63. The molecule has 1 fully saturated rings. The maximum atomic E-state index is 11.4. The van der Waals surface area contributed by atoms with Crippen molar-refractivity contribution in [2.24, 2.45) is 0 Å². The van der Waals surface area contributed by atoms with Crippen LogP contribution in [-0.2, 0) is 4.79 Å². The summed E-state index contributed by atoms with van der Waals surface area (Å²) in [6.45, 7) is 6.75. The average molecular weight is 199 g/mol. The Kier molecular flexibility index (Phi) is 4.35. The first kappa shape index (κ1) is 11.5. The van der Waals surface area contributed by atoms with Crippen molar-refractivity contribution in [3.05, 3.63) is 0 Å². The number of amides is 1. The van der Waals surface area contributed by atoms with Crippen molar-refractivity contribution in [3.8, 4) is 0 Å². The van der Waals surface area contributed by atoms with Gasteiger partial charge in [0.15, 0.2) is 0 Å². The second-order valence-corrected chi connectivity index (χ2v) is 4.18. The number of hydrogen-bond donors (Lipinski definition) is 2. The standard InChI is InChI=1S/C10H21N3O/c1-8(2)13-6-9(4-5-11-3)12-10(14)7-13/h8-9,11H,4-7H2,1-3H3,(H,12,14). The Morgan fingerprint density at radius 3 is 2.93 bits per heavy atom. The van der Waals surface area contributed by atoms with Crippen LogP contribution >= 0.6 is 0 Å². The van der Waals surface area contributed by atoms with Crippen molar-refractivity contribution in [1.29, 1.82) is 0 Å². The van der Waals surface area contributed by atoms with Gasteiger partial charge in [-0.2, -0.15) is 0 Å². The van der Waals surface area contributed by atoms with Gasteiger partial charge in [0.1, 0.15) is 0 Å². The molecule has 1 rings (SSSR count). The Balaban J connectivity index is 2.41. The largest absolute Gasteiger partial charge is 0.351 e. The van der Waals surface area contributed by atoms with Crippen LogP contribution in [-0.4, -0.2) is 49.6 Å². The molecule has 1 saturated heterocycles. The molecule has 0 aromatic carbocycles. The molecule has 82 valence electrons. The molecule has 4 heteroatoms. The number of hydrogen-bond acceptors (Lipinski definition) is 3. The molecular formula is C10H21N3O. The number of nitrogens with one attached hydrogen (secondary N) is 2. The van der Waals surface area contributed by atoms with Crippen molar-refractivity contribution in [2.75, 3.05) is 26.7 Å². The van der Waals surface area contributed by atoms with Crippen molar-refractivity contribution in [2.45, 2.75) is 32.4 Å². The zero-order valence-electron chi connectivity index (χ0n) is 9.34. The molecule has 0 saturated carbocycles. The summed E-state index contributed by atoms with van der Waals surface area (Å²) in [4.78, 5) is 13.6. The van der Waals surface area contributed by atoms with Crippen LogP contribution in [0, 0.1) is 0 Å². The molecular weight excluding hydrogens is 178 g/mol. The minimum atomic E-state index is 0.158. The minimum absolute atomic E-state index is 0.158. The summed E-state index contributed by atoms with van der Waals surface area (Å²) in [5.74, 6) is 0.158. The molecule has 0 aromatic heterocycles. The van der Waals surface area contributed by atoms with Crippen LogP contribution < -0.4 is 10.6 Å². The quantitative estimate of drug-likeness (QED) is 0.659. The van der Waals surface area contributed by atoms with Gasteiger partial charge >= 0.3 is 0 Å². The van der Waals surface area contributed by atoms with Crippen LogP contribution in [0.2, 0.25) is 0 Å². The highest BCUT2D eigenvalue weighted by molar-refractivity contribution is 5.79. The molecule has 0 bridgehead atoms. The summed E-state index contributed by atoms with van der Waals surface area (Å²) in [5.41, 5.74) is 0. The molecule has 0 aliphatic carbocycles. The molecule has 1 amide bonds. The maximum Gasteiger partial charge on any atom is 0.234 e. The van der Waals surface area contributed by atoms with Gasteiger partial charge in [-0.25, -0.2) is 0 Å². The molecule has 0 spiro atoms. The van der Waals surface area contributed by atoms with Gasteiger partial charge in [0.25, 0.3) is 0 Å². The van der Waals surface area contributed by atoms with Gasteiger partial charge in [0.2, 0.25) is 5.91 Å². The number of carbonyl (C=O) groups excluding carboxylic acids is 1. The lowest BCUT2D eigenvalue weighted by Gasteiger charge is -2.35. The Bertz CT molecular complexity index is 194. The van der Waals surface area contributed by atoms with E-state index >= 15 is 0 Å². The lowest BCUT2D eigenvalue weighted by atomic mass is 10.1. The van der Waals surface area contributed by atoms with Gasteiger partial charge in [-0.3, -0.25) is 9.69 Å². The second kappa shape index (κ2) is 5.32. The molecule has 1 unspecified atom stereocenters. The summed E-state index contributed by atoms with van der Waals surface area (Å²) in [6.07, 6.45) is 1.01. The molecule has 4 nitrogen and oxygen atoms in total. The van der Waals surface area contributed by atoms with E-state index in [4.69, 9.17) is 0 Å². The Morgan fingerprint density at radius 2 is 2.36 bits per heavy atom. The Labute approximate surface area is 86.0 Å². The van der Waals surface area contributed by atoms with E-state index in [1.54, 1.807) is 0 Å². The minimum Gasteiger partial charge on any atom is -0.351 e. The van der Waals surface area contributed by atoms with Crippen LogP contribution in [0.3, 0.4) is 0 Å². The summed E-state index contributed by atoms with van der Waals surface area (Å²) in [7, 11) is 1.94. The van der Waals surface area contributed by atoms with Crippen LogP contribution in [0.5, 0.6) is 0 Å². The number of nitrogens with zero attached hydrogens (tertiary/aromatic N) is 1. The lowest BCUT2D eigenvalue weighted by molar-refractivity contribution is -0.126. The molecule has 1 heterocycles. The first-order valence-corrected chi connectivity index (χ1v) is 5.31. The van der Waals surface area contributed by atoms with Gasteiger partial charge in [-0.05, 0) is 33.9 Å². The lowest BCUT2D eigenvalue weighted by Crippen LogP contribution is -2.56. The zero-order chi connectivity index (χ0) is 10.6. The van der Waals surface area contributed by atoms with E-state index in [9.17, 15) is 4.79 Å². The predicted octanol–water partition coefficient (Wildman–Crippen LogP) is -0.195. The summed E-state index contributed by atoms with van der Waals surface area (Å²) in [6, 6.07) is 0.768. The highest BCUT2D eigenvalue weighted by atomic mass is 16.2. The summed E-state index contributed by atoms with van der Waals surface area (Å²) < 4.78 is 0. The fraction of sp³-hybridized carbons (Fsp3) is 0.900. The van der Waals surface area contributed by atoms with E-state index < -0.39 is 0 Å². The Morgan fingerprint density at radius 1 is 1.64 bits per heavy atom. The summed E-state index contributed by atoms with van der Waals surface area (Å²) >= 11 is 0. The van der Waals surface area contributed by atoms with Gasteiger partial charge in [-0.15, -0.1) is 0 Å².